The van der Waals surface area contributed by atoms with Gasteiger partial charge in [-0.1, -0.05) is 17.4 Å². The number of rotatable bonds is 4. The number of fused-ring (bicyclic) bond motifs is 3. The number of primary amides is 1. The van der Waals surface area contributed by atoms with Crippen molar-refractivity contribution in [2.24, 2.45) is 5.73 Å². The van der Waals surface area contributed by atoms with Crippen molar-refractivity contribution < 1.29 is 19.1 Å². The molecule has 0 saturated carbocycles. The van der Waals surface area contributed by atoms with Gasteiger partial charge in [-0.05, 0) is 69.1 Å². The third-order valence-electron chi connectivity index (χ3n) is 5.41. The molecule has 3 N–H and O–H groups in total. The van der Waals surface area contributed by atoms with Crippen LogP contribution in [0.15, 0.2) is 16.7 Å². The number of aryl methyl sites for hydroxylation is 2. The summed E-state index contributed by atoms with van der Waals surface area (Å²) in [5, 5.41) is 4.04. The first-order valence-corrected chi connectivity index (χ1v) is 12.4. The van der Waals surface area contributed by atoms with Gasteiger partial charge >= 0.3 is 6.09 Å². The number of thiazole rings is 1. The molecule has 0 saturated heterocycles. The maximum absolute atomic E-state index is 12.9. The summed E-state index contributed by atoms with van der Waals surface area (Å²) in [6.45, 7) is 11.0. The number of amides is 2. The second-order valence-electron chi connectivity index (χ2n) is 9.12. The summed E-state index contributed by atoms with van der Waals surface area (Å²) in [5.41, 5.74) is 8.82. The van der Waals surface area contributed by atoms with E-state index < -0.39 is 17.6 Å². The molecule has 3 heterocycles. The van der Waals surface area contributed by atoms with E-state index in [-0.39, 0.29) is 11.4 Å². The van der Waals surface area contributed by atoms with E-state index in [9.17, 15) is 9.59 Å². The standard InChI is InChI=1S/C24H26BrN5O4S/c1-10-8-9-13(33-7)11(2)17(10)30-18-14(19(25)28-22-16(18)27-12(3)35-22)15(20(26)31)21(30)29-23(32)34-24(4,5)6/h8-9H,1-7H3,(H2,26,31)(H,29,32). The molecule has 11 heteroatoms. The topological polar surface area (TPSA) is 121 Å². The Balaban J connectivity index is 2.22. The minimum Gasteiger partial charge on any atom is -0.496 e. The SMILES string of the molecule is COc1ccc(C)c(-n2c(NC(=O)OC(C)(C)C)c(C(N)=O)c3c(Br)nc4sc(C)nc4c32)c1C. The van der Waals surface area contributed by atoms with E-state index >= 15 is 0 Å². The molecule has 0 aliphatic rings. The highest BCUT2D eigenvalue weighted by atomic mass is 79.9. The third kappa shape index (κ3) is 4.34. The van der Waals surface area contributed by atoms with Gasteiger partial charge in [0.25, 0.3) is 5.91 Å². The number of anilines is 1. The van der Waals surface area contributed by atoms with Crippen molar-refractivity contribution in [3.8, 4) is 11.4 Å². The van der Waals surface area contributed by atoms with Crippen LogP contribution >= 0.6 is 27.3 Å². The number of benzene rings is 1. The Kier molecular flexibility index (Phi) is 6.26. The lowest BCUT2D eigenvalue weighted by molar-refractivity contribution is 0.0635. The smallest absolute Gasteiger partial charge is 0.413 e. The first kappa shape index (κ1) is 24.9. The number of pyridine rings is 1. The van der Waals surface area contributed by atoms with E-state index in [4.69, 9.17) is 20.2 Å². The Morgan fingerprint density at radius 3 is 2.46 bits per heavy atom. The fourth-order valence-corrected chi connectivity index (χ4v) is 5.63. The zero-order valence-electron chi connectivity index (χ0n) is 20.5. The molecule has 0 fully saturated rings. The van der Waals surface area contributed by atoms with E-state index in [1.807, 2.05) is 32.9 Å². The van der Waals surface area contributed by atoms with E-state index in [0.29, 0.717) is 31.6 Å². The van der Waals surface area contributed by atoms with Crippen molar-refractivity contribution in [2.75, 3.05) is 12.4 Å². The lowest BCUT2D eigenvalue weighted by Gasteiger charge is -2.22. The number of carbonyl (C=O) groups excluding carboxylic acids is 2. The molecule has 0 aliphatic heterocycles. The van der Waals surface area contributed by atoms with Gasteiger partial charge in [-0.15, -0.1) is 0 Å². The predicted octanol–water partition coefficient (Wildman–Crippen LogP) is 5.78. The Hall–Kier alpha value is -3.18. The molecule has 0 spiro atoms. The minimum atomic E-state index is -0.753. The van der Waals surface area contributed by atoms with E-state index in [2.05, 4.69) is 26.2 Å². The molecule has 1 aromatic carbocycles. The van der Waals surface area contributed by atoms with Crippen LogP contribution in [0.1, 0.15) is 47.3 Å². The molecule has 0 aliphatic carbocycles. The number of halogens is 1. The van der Waals surface area contributed by atoms with Gasteiger partial charge in [0.05, 0.1) is 34.3 Å². The van der Waals surface area contributed by atoms with Crippen LogP contribution in [-0.2, 0) is 4.74 Å². The zero-order chi connectivity index (χ0) is 25.8. The quantitative estimate of drug-likeness (QED) is 0.306. The van der Waals surface area contributed by atoms with Crippen LogP contribution in [-0.4, -0.2) is 39.2 Å². The number of methoxy groups -OCH3 is 1. The Morgan fingerprint density at radius 2 is 1.86 bits per heavy atom. The molecule has 0 bridgehead atoms. The van der Waals surface area contributed by atoms with Crippen LogP contribution in [0.4, 0.5) is 10.6 Å². The summed E-state index contributed by atoms with van der Waals surface area (Å²) in [6.07, 6.45) is -0.725. The highest BCUT2D eigenvalue weighted by Crippen LogP contribution is 2.43. The van der Waals surface area contributed by atoms with Crippen LogP contribution in [0.5, 0.6) is 5.75 Å². The fourth-order valence-electron chi connectivity index (χ4n) is 4.15. The molecule has 35 heavy (non-hydrogen) atoms. The number of nitrogens with one attached hydrogen (secondary N) is 1. The van der Waals surface area contributed by atoms with Crippen molar-refractivity contribution in [3.05, 3.63) is 38.4 Å². The molecule has 4 rings (SSSR count). The van der Waals surface area contributed by atoms with Gasteiger partial charge in [0.15, 0.2) is 0 Å². The largest absolute Gasteiger partial charge is 0.496 e. The second-order valence-corrected chi connectivity index (χ2v) is 11.1. The molecule has 9 nitrogen and oxygen atoms in total. The highest BCUT2D eigenvalue weighted by Gasteiger charge is 2.31. The van der Waals surface area contributed by atoms with Crippen molar-refractivity contribution in [2.45, 2.75) is 47.1 Å². The summed E-state index contributed by atoms with van der Waals surface area (Å²) in [6, 6.07) is 3.78. The average molecular weight is 560 g/mol. The number of carbonyl (C=O) groups is 2. The summed E-state index contributed by atoms with van der Waals surface area (Å²) in [7, 11) is 1.59. The van der Waals surface area contributed by atoms with Crippen LogP contribution < -0.4 is 15.8 Å². The summed E-state index contributed by atoms with van der Waals surface area (Å²) < 4.78 is 13.3. The summed E-state index contributed by atoms with van der Waals surface area (Å²) >= 11 is 4.95. The van der Waals surface area contributed by atoms with Gasteiger partial charge in [0.1, 0.15) is 32.1 Å². The van der Waals surface area contributed by atoms with E-state index in [0.717, 1.165) is 21.8 Å². The van der Waals surface area contributed by atoms with Crippen LogP contribution in [0.3, 0.4) is 0 Å². The normalized spacial score (nSPS) is 11.8. The number of hydrogen-bond donors (Lipinski definition) is 2. The first-order valence-electron chi connectivity index (χ1n) is 10.8. The number of nitrogens with zero attached hydrogens (tertiary/aromatic N) is 3. The van der Waals surface area contributed by atoms with Crippen molar-refractivity contribution in [1.82, 2.24) is 14.5 Å². The fraction of sp³-hybridized carbons (Fsp3) is 0.333. The number of aromatic nitrogens is 3. The van der Waals surface area contributed by atoms with Crippen molar-refractivity contribution >= 4 is 66.3 Å². The summed E-state index contributed by atoms with van der Waals surface area (Å²) in [5.74, 6) is 0.0868. The molecule has 184 valence electrons. The van der Waals surface area contributed by atoms with Crippen molar-refractivity contribution in [1.29, 1.82) is 0 Å². The van der Waals surface area contributed by atoms with Gasteiger partial charge in [-0.2, -0.15) is 0 Å². The molecule has 0 atom stereocenters. The van der Waals surface area contributed by atoms with Crippen LogP contribution in [0, 0.1) is 20.8 Å². The number of ether oxygens (including phenoxy) is 2. The summed E-state index contributed by atoms with van der Waals surface area (Å²) in [4.78, 5) is 35.8. The van der Waals surface area contributed by atoms with Crippen molar-refractivity contribution in [3.63, 3.8) is 0 Å². The molecular formula is C24H26BrN5O4S. The van der Waals surface area contributed by atoms with Crippen LogP contribution in [0.2, 0.25) is 0 Å². The maximum Gasteiger partial charge on any atom is 0.413 e. The van der Waals surface area contributed by atoms with Gasteiger partial charge in [0.2, 0.25) is 0 Å². The number of hydrogen-bond acceptors (Lipinski definition) is 7. The molecule has 2 amide bonds. The van der Waals surface area contributed by atoms with Crippen LogP contribution in [0.25, 0.3) is 26.9 Å². The van der Waals surface area contributed by atoms with Gasteiger partial charge < -0.3 is 15.2 Å². The average Bonchev–Trinajstić information content (AvgIpc) is 3.25. The molecule has 0 unspecified atom stereocenters. The van der Waals surface area contributed by atoms with Gasteiger partial charge in [0, 0.05) is 5.56 Å². The lowest BCUT2D eigenvalue weighted by atomic mass is 10.1. The first-order chi connectivity index (χ1) is 16.3. The third-order valence-corrected chi connectivity index (χ3v) is 6.85. The van der Waals surface area contributed by atoms with E-state index in [1.165, 1.54) is 11.3 Å². The molecular weight excluding hydrogens is 534 g/mol. The molecule has 3 aromatic heterocycles. The van der Waals surface area contributed by atoms with E-state index in [1.54, 1.807) is 32.4 Å². The minimum absolute atomic E-state index is 0.0967. The Morgan fingerprint density at radius 1 is 1.17 bits per heavy atom. The molecule has 0 radical (unpaired) electrons. The number of nitrogens with two attached hydrogens (primary N) is 1. The Bertz CT molecular complexity index is 1520. The zero-order valence-corrected chi connectivity index (χ0v) is 22.9. The maximum atomic E-state index is 12.9. The van der Waals surface area contributed by atoms with Gasteiger partial charge in [-0.3, -0.25) is 14.7 Å². The second kappa shape index (κ2) is 8.80. The monoisotopic (exact) mass is 559 g/mol. The predicted molar refractivity (Wildman–Crippen MR) is 141 cm³/mol. The molecule has 4 aromatic rings. The highest BCUT2D eigenvalue weighted by molar-refractivity contribution is 9.10. The Labute approximate surface area is 214 Å². The lowest BCUT2D eigenvalue weighted by Crippen LogP contribution is -2.29. The van der Waals surface area contributed by atoms with Gasteiger partial charge in [-0.25, -0.2) is 14.8 Å².